The summed E-state index contributed by atoms with van der Waals surface area (Å²) in [5.41, 5.74) is 1.43. The molecule has 1 aliphatic heterocycles. The summed E-state index contributed by atoms with van der Waals surface area (Å²) in [5, 5.41) is 7.90. The first-order valence-electron chi connectivity index (χ1n) is 7.87. The molecule has 5 nitrogen and oxygen atoms in total. The van der Waals surface area contributed by atoms with Crippen molar-refractivity contribution in [3.05, 3.63) is 51.7 Å². The molecular weight excluding hydrogens is 361 g/mol. The minimum Gasteiger partial charge on any atom is -0.348 e. The molecule has 1 aromatic heterocycles. The van der Waals surface area contributed by atoms with Crippen LogP contribution in [0, 0.1) is 12.7 Å². The second-order valence-corrected chi connectivity index (χ2v) is 7.96. The van der Waals surface area contributed by atoms with E-state index in [0.29, 0.717) is 24.3 Å². The summed E-state index contributed by atoms with van der Waals surface area (Å²) in [6.07, 6.45) is 0.315. The predicted molar refractivity (Wildman–Crippen MR) is 97.0 cm³/mol. The Labute approximate surface area is 153 Å². The van der Waals surface area contributed by atoms with Gasteiger partial charge in [0.25, 0.3) is 0 Å². The fraction of sp³-hybridized carbons (Fsp3) is 0.353. The van der Waals surface area contributed by atoms with Crippen molar-refractivity contribution < 1.29 is 14.0 Å². The number of amides is 2. The number of aryl methyl sites for hydroxylation is 1. The normalized spacial score (nSPS) is 20.2. The number of carbonyl (C=O) groups excluding carboxylic acids is 2. The standard InChI is InChI=1S/C17H18FN3O2S2/c1-10-8-25-15(20-10)7-19-16(22)13-9-24-14(17(23)21-13)6-11-4-2-3-5-12(11)18/h2-5,8,13-14H,6-7,9H2,1H3,(H,19,22)(H,21,23)/t13-,14-/m1/s1. The van der Waals surface area contributed by atoms with Crippen LogP contribution in [0.4, 0.5) is 4.39 Å². The number of thioether (sulfide) groups is 1. The monoisotopic (exact) mass is 379 g/mol. The van der Waals surface area contributed by atoms with Gasteiger partial charge in [0.2, 0.25) is 11.8 Å². The number of hydrogen-bond acceptors (Lipinski definition) is 5. The largest absolute Gasteiger partial charge is 0.348 e. The van der Waals surface area contributed by atoms with Crippen molar-refractivity contribution in [3.63, 3.8) is 0 Å². The third-order valence-corrected chi connectivity index (χ3v) is 6.11. The number of rotatable bonds is 5. The molecule has 25 heavy (non-hydrogen) atoms. The van der Waals surface area contributed by atoms with Gasteiger partial charge < -0.3 is 10.6 Å². The molecule has 2 N–H and O–H groups in total. The maximum Gasteiger partial charge on any atom is 0.243 e. The fourth-order valence-corrected chi connectivity index (χ4v) is 4.41. The second-order valence-electron chi connectivity index (χ2n) is 5.78. The molecule has 2 amide bonds. The van der Waals surface area contributed by atoms with Gasteiger partial charge in [0, 0.05) is 16.8 Å². The van der Waals surface area contributed by atoms with E-state index in [1.54, 1.807) is 18.2 Å². The Balaban J connectivity index is 1.51. The molecular formula is C17H18FN3O2S2. The number of thiazole rings is 1. The van der Waals surface area contributed by atoms with Crippen LogP contribution in [0.15, 0.2) is 29.6 Å². The lowest BCUT2D eigenvalue weighted by Crippen LogP contribution is -2.54. The summed E-state index contributed by atoms with van der Waals surface area (Å²) in [7, 11) is 0. The Bertz CT molecular complexity index is 781. The van der Waals surface area contributed by atoms with Crippen LogP contribution in [-0.4, -0.2) is 33.8 Å². The van der Waals surface area contributed by atoms with Crippen LogP contribution in [0.1, 0.15) is 16.3 Å². The zero-order valence-corrected chi connectivity index (χ0v) is 15.3. The molecule has 1 aliphatic rings. The highest BCUT2D eigenvalue weighted by atomic mass is 32.2. The molecule has 0 aliphatic carbocycles. The van der Waals surface area contributed by atoms with Gasteiger partial charge in [0.05, 0.1) is 11.8 Å². The Morgan fingerprint density at radius 2 is 2.24 bits per heavy atom. The van der Waals surface area contributed by atoms with Crippen LogP contribution in [0.5, 0.6) is 0 Å². The molecule has 2 heterocycles. The van der Waals surface area contributed by atoms with E-state index >= 15 is 0 Å². The minimum atomic E-state index is -0.574. The maximum absolute atomic E-state index is 13.7. The van der Waals surface area contributed by atoms with Crippen molar-refractivity contribution in [1.82, 2.24) is 15.6 Å². The Hall–Kier alpha value is -1.93. The summed E-state index contributed by atoms with van der Waals surface area (Å²) in [6.45, 7) is 2.25. The van der Waals surface area contributed by atoms with Gasteiger partial charge in [-0.3, -0.25) is 9.59 Å². The molecule has 1 fully saturated rings. The molecule has 132 valence electrons. The summed E-state index contributed by atoms with van der Waals surface area (Å²) < 4.78 is 13.7. The molecule has 1 saturated heterocycles. The third-order valence-electron chi connectivity index (χ3n) is 3.83. The number of hydrogen-bond donors (Lipinski definition) is 2. The predicted octanol–water partition coefficient (Wildman–Crippen LogP) is 2.05. The lowest BCUT2D eigenvalue weighted by Gasteiger charge is -2.28. The minimum absolute atomic E-state index is 0.224. The van der Waals surface area contributed by atoms with E-state index in [9.17, 15) is 14.0 Å². The number of benzene rings is 1. The van der Waals surface area contributed by atoms with Crippen LogP contribution in [0.25, 0.3) is 0 Å². The Morgan fingerprint density at radius 3 is 2.92 bits per heavy atom. The fourth-order valence-electron chi connectivity index (χ4n) is 2.52. The van der Waals surface area contributed by atoms with E-state index in [1.165, 1.54) is 29.2 Å². The zero-order chi connectivity index (χ0) is 17.8. The molecule has 0 bridgehead atoms. The van der Waals surface area contributed by atoms with Crippen molar-refractivity contribution in [2.24, 2.45) is 0 Å². The quantitative estimate of drug-likeness (QED) is 0.834. The van der Waals surface area contributed by atoms with Gasteiger partial charge in [-0.1, -0.05) is 18.2 Å². The highest BCUT2D eigenvalue weighted by molar-refractivity contribution is 8.00. The zero-order valence-electron chi connectivity index (χ0n) is 13.6. The van der Waals surface area contributed by atoms with Crippen LogP contribution in [-0.2, 0) is 22.6 Å². The number of carbonyl (C=O) groups is 2. The van der Waals surface area contributed by atoms with E-state index < -0.39 is 6.04 Å². The van der Waals surface area contributed by atoms with Crippen molar-refractivity contribution >= 4 is 34.9 Å². The van der Waals surface area contributed by atoms with E-state index in [4.69, 9.17) is 0 Å². The topological polar surface area (TPSA) is 71.1 Å². The van der Waals surface area contributed by atoms with Crippen molar-refractivity contribution in [2.75, 3.05) is 5.75 Å². The van der Waals surface area contributed by atoms with E-state index in [2.05, 4.69) is 15.6 Å². The molecule has 0 unspecified atom stereocenters. The van der Waals surface area contributed by atoms with Gasteiger partial charge in [-0.2, -0.15) is 0 Å². The van der Waals surface area contributed by atoms with Gasteiger partial charge in [-0.25, -0.2) is 9.37 Å². The average molecular weight is 379 g/mol. The molecule has 2 aromatic rings. The van der Waals surface area contributed by atoms with E-state index in [1.807, 2.05) is 12.3 Å². The molecule has 3 rings (SSSR count). The Kier molecular flexibility index (Phi) is 5.70. The highest BCUT2D eigenvalue weighted by Gasteiger charge is 2.32. The molecule has 8 heteroatoms. The highest BCUT2D eigenvalue weighted by Crippen LogP contribution is 2.23. The van der Waals surface area contributed by atoms with Crippen LogP contribution < -0.4 is 10.6 Å². The molecule has 0 saturated carbocycles. The summed E-state index contributed by atoms with van der Waals surface area (Å²) in [4.78, 5) is 28.8. The van der Waals surface area contributed by atoms with Crippen LogP contribution in [0.2, 0.25) is 0 Å². The first kappa shape index (κ1) is 17.9. The number of aromatic nitrogens is 1. The Morgan fingerprint density at radius 1 is 1.44 bits per heavy atom. The number of nitrogens with zero attached hydrogens (tertiary/aromatic N) is 1. The SMILES string of the molecule is Cc1csc(CNC(=O)[C@H]2CS[C@H](Cc3ccccc3F)C(=O)N2)n1. The first-order chi connectivity index (χ1) is 12.0. The second kappa shape index (κ2) is 7.97. The molecule has 2 atom stereocenters. The average Bonchev–Trinajstić information content (AvgIpc) is 3.02. The van der Waals surface area contributed by atoms with E-state index in [0.717, 1.165) is 10.7 Å². The van der Waals surface area contributed by atoms with Crippen molar-refractivity contribution in [2.45, 2.75) is 31.2 Å². The molecule has 0 spiro atoms. The summed E-state index contributed by atoms with van der Waals surface area (Å²) in [5.74, 6) is -0.301. The van der Waals surface area contributed by atoms with Crippen LogP contribution >= 0.6 is 23.1 Å². The smallest absolute Gasteiger partial charge is 0.243 e. The van der Waals surface area contributed by atoms with Gasteiger partial charge in [-0.05, 0) is 25.0 Å². The van der Waals surface area contributed by atoms with Gasteiger partial charge in [0.15, 0.2) is 0 Å². The molecule has 0 radical (unpaired) electrons. The maximum atomic E-state index is 13.7. The van der Waals surface area contributed by atoms with Crippen LogP contribution in [0.3, 0.4) is 0 Å². The molecule has 1 aromatic carbocycles. The van der Waals surface area contributed by atoms with E-state index in [-0.39, 0.29) is 22.9 Å². The lowest BCUT2D eigenvalue weighted by molar-refractivity contribution is -0.128. The van der Waals surface area contributed by atoms with Gasteiger partial charge in [0.1, 0.15) is 16.9 Å². The third kappa shape index (κ3) is 4.58. The lowest BCUT2D eigenvalue weighted by atomic mass is 10.1. The summed E-state index contributed by atoms with van der Waals surface area (Å²) >= 11 is 2.87. The summed E-state index contributed by atoms with van der Waals surface area (Å²) in [6, 6.07) is 5.86. The number of nitrogens with one attached hydrogen (secondary N) is 2. The van der Waals surface area contributed by atoms with Gasteiger partial charge in [-0.15, -0.1) is 23.1 Å². The van der Waals surface area contributed by atoms with Crippen molar-refractivity contribution in [3.8, 4) is 0 Å². The first-order valence-corrected chi connectivity index (χ1v) is 9.80. The number of halogens is 1. The van der Waals surface area contributed by atoms with Crippen molar-refractivity contribution in [1.29, 1.82) is 0 Å². The van der Waals surface area contributed by atoms with Gasteiger partial charge >= 0.3 is 0 Å².